The van der Waals surface area contributed by atoms with Crippen LogP contribution in [0.4, 0.5) is 0 Å². The molecule has 5 heteroatoms. The number of nitrogens with zero attached hydrogens (tertiary/aromatic N) is 2. The van der Waals surface area contributed by atoms with E-state index < -0.39 is 0 Å². The van der Waals surface area contributed by atoms with Crippen molar-refractivity contribution in [1.29, 1.82) is 0 Å². The van der Waals surface area contributed by atoms with E-state index in [0.717, 1.165) is 47.4 Å². The summed E-state index contributed by atoms with van der Waals surface area (Å²) >= 11 is 1.45. The summed E-state index contributed by atoms with van der Waals surface area (Å²) in [5.41, 5.74) is 1.04. The van der Waals surface area contributed by atoms with Crippen LogP contribution in [0.15, 0.2) is 52.4 Å². The van der Waals surface area contributed by atoms with E-state index in [9.17, 15) is 9.90 Å². The summed E-state index contributed by atoms with van der Waals surface area (Å²) in [6, 6.07) is 14.3. The molecule has 2 aromatic carbocycles. The quantitative estimate of drug-likeness (QED) is 0.841. The zero-order chi connectivity index (χ0) is 17.2. The summed E-state index contributed by atoms with van der Waals surface area (Å²) < 4.78 is 0. The van der Waals surface area contributed by atoms with Gasteiger partial charge in [0, 0.05) is 19.7 Å². The molecule has 0 spiro atoms. The predicted molar refractivity (Wildman–Crippen MR) is 103 cm³/mol. The molecule has 0 saturated carbocycles. The number of hydrogen-bond acceptors (Lipinski definition) is 4. The van der Waals surface area contributed by atoms with Crippen molar-refractivity contribution in [1.82, 2.24) is 4.90 Å². The van der Waals surface area contributed by atoms with Gasteiger partial charge in [-0.25, -0.2) is 0 Å². The number of aliphatic hydroxyl groups is 1. The number of carbonyl (C=O) groups excluding carboxylic acids is 1. The lowest BCUT2D eigenvalue weighted by molar-refractivity contribution is -0.113. The van der Waals surface area contributed by atoms with E-state index in [-0.39, 0.29) is 18.4 Å². The van der Waals surface area contributed by atoms with Crippen LogP contribution in [0.2, 0.25) is 0 Å². The van der Waals surface area contributed by atoms with Crippen molar-refractivity contribution in [3.63, 3.8) is 0 Å². The molecule has 2 aliphatic rings. The zero-order valence-corrected chi connectivity index (χ0v) is 14.7. The highest BCUT2D eigenvalue weighted by molar-refractivity contribution is 8.18. The summed E-state index contributed by atoms with van der Waals surface area (Å²) in [7, 11) is 0. The number of hydrogen-bond donors (Lipinski definition) is 1. The molecular formula is C20H20N2O2S. The Morgan fingerprint density at radius 2 is 2.08 bits per heavy atom. The first-order chi connectivity index (χ1) is 12.2. The van der Waals surface area contributed by atoms with Gasteiger partial charge in [0.25, 0.3) is 5.91 Å². The van der Waals surface area contributed by atoms with Gasteiger partial charge in [0.2, 0.25) is 0 Å². The molecule has 1 amide bonds. The largest absolute Gasteiger partial charge is 0.396 e. The fourth-order valence-corrected chi connectivity index (χ4v) is 4.38. The van der Waals surface area contributed by atoms with E-state index in [0.29, 0.717) is 4.91 Å². The summed E-state index contributed by atoms with van der Waals surface area (Å²) in [5.74, 6) is 0.109. The van der Waals surface area contributed by atoms with E-state index >= 15 is 0 Å². The number of aliphatic hydroxyl groups excluding tert-OH is 1. The number of amides is 1. The average Bonchev–Trinajstić information content (AvgIpc) is 3.03. The van der Waals surface area contributed by atoms with Crippen molar-refractivity contribution in [3.05, 3.63) is 52.9 Å². The molecule has 128 valence electrons. The van der Waals surface area contributed by atoms with Gasteiger partial charge in [-0.3, -0.25) is 4.79 Å². The van der Waals surface area contributed by atoms with Gasteiger partial charge in [-0.15, -0.1) is 0 Å². The Hall–Kier alpha value is -2.11. The van der Waals surface area contributed by atoms with Gasteiger partial charge in [0.05, 0.1) is 4.91 Å². The minimum absolute atomic E-state index is 0.168. The van der Waals surface area contributed by atoms with Gasteiger partial charge in [0.1, 0.15) is 0 Å². The van der Waals surface area contributed by atoms with Crippen molar-refractivity contribution in [2.45, 2.75) is 12.8 Å². The molecule has 0 bridgehead atoms. The molecule has 1 N–H and O–H groups in total. The SMILES string of the molecule is O=C1N=C(N2CCC[C@@H](CO)C2)S/C1=C/c1cccc2ccccc12. The van der Waals surface area contributed by atoms with Crippen molar-refractivity contribution in [2.75, 3.05) is 19.7 Å². The molecule has 4 nitrogen and oxygen atoms in total. The first kappa shape index (κ1) is 16.4. The molecule has 0 aliphatic carbocycles. The van der Waals surface area contributed by atoms with Gasteiger partial charge in [-0.1, -0.05) is 42.5 Å². The molecule has 2 aliphatic heterocycles. The van der Waals surface area contributed by atoms with Crippen LogP contribution in [0.1, 0.15) is 18.4 Å². The summed E-state index contributed by atoms with van der Waals surface area (Å²) in [6.45, 7) is 1.87. The maximum absolute atomic E-state index is 12.4. The number of likely N-dealkylation sites (tertiary alicyclic amines) is 1. The minimum atomic E-state index is -0.168. The Labute approximate surface area is 151 Å². The van der Waals surface area contributed by atoms with Gasteiger partial charge < -0.3 is 10.0 Å². The lowest BCUT2D eigenvalue weighted by atomic mass is 10.00. The predicted octanol–water partition coefficient (Wildman–Crippen LogP) is 3.51. The monoisotopic (exact) mass is 352 g/mol. The second-order valence-electron chi connectivity index (χ2n) is 6.52. The van der Waals surface area contributed by atoms with Gasteiger partial charge >= 0.3 is 0 Å². The van der Waals surface area contributed by atoms with Crippen LogP contribution in [-0.4, -0.2) is 40.8 Å². The summed E-state index contributed by atoms with van der Waals surface area (Å²) in [5, 5.41) is 12.5. The molecule has 0 aromatic heterocycles. The molecular weight excluding hydrogens is 332 g/mol. The molecule has 0 radical (unpaired) electrons. The van der Waals surface area contributed by atoms with Crippen molar-refractivity contribution >= 4 is 39.7 Å². The molecule has 1 saturated heterocycles. The van der Waals surface area contributed by atoms with Gasteiger partial charge in [0.15, 0.2) is 5.17 Å². The number of thioether (sulfide) groups is 1. The highest BCUT2D eigenvalue weighted by atomic mass is 32.2. The molecule has 1 atom stereocenters. The summed E-state index contributed by atoms with van der Waals surface area (Å²) in [6.07, 6.45) is 4.01. The molecule has 1 fully saturated rings. The molecule has 2 aromatic rings. The topological polar surface area (TPSA) is 52.9 Å². The highest BCUT2D eigenvalue weighted by Crippen LogP contribution is 2.33. The molecule has 0 unspecified atom stereocenters. The Bertz CT molecular complexity index is 870. The first-order valence-electron chi connectivity index (χ1n) is 8.61. The van der Waals surface area contributed by atoms with E-state index in [1.54, 1.807) is 0 Å². The van der Waals surface area contributed by atoms with Crippen LogP contribution in [0.3, 0.4) is 0 Å². The lowest BCUT2D eigenvalue weighted by Gasteiger charge is -2.32. The third kappa shape index (κ3) is 3.34. The second-order valence-corrected chi connectivity index (χ2v) is 7.52. The second kappa shape index (κ2) is 7.02. The van der Waals surface area contributed by atoms with Crippen LogP contribution < -0.4 is 0 Å². The number of carbonyl (C=O) groups is 1. The fraction of sp³-hybridized carbons (Fsp3) is 0.300. The fourth-order valence-electron chi connectivity index (χ4n) is 3.44. The minimum Gasteiger partial charge on any atom is -0.396 e. The van der Waals surface area contributed by atoms with E-state index in [2.05, 4.69) is 28.1 Å². The smallest absolute Gasteiger partial charge is 0.286 e. The van der Waals surface area contributed by atoms with Crippen LogP contribution >= 0.6 is 11.8 Å². The number of benzene rings is 2. The number of fused-ring (bicyclic) bond motifs is 1. The third-order valence-electron chi connectivity index (χ3n) is 4.77. The highest BCUT2D eigenvalue weighted by Gasteiger charge is 2.29. The van der Waals surface area contributed by atoms with Gasteiger partial charge in [-0.2, -0.15) is 4.99 Å². The summed E-state index contributed by atoms with van der Waals surface area (Å²) in [4.78, 5) is 19.4. The van der Waals surface area contributed by atoms with Crippen LogP contribution in [0.5, 0.6) is 0 Å². The Balaban J connectivity index is 1.58. The molecule has 25 heavy (non-hydrogen) atoms. The van der Waals surface area contributed by atoms with E-state index in [4.69, 9.17) is 0 Å². The molecule has 2 heterocycles. The van der Waals surface area contributed by atoms with Crippen LogP contribution in [0, 0.1) is 5.92 Å². The third-order valence-corrected chi connectivity index (χ3v) is 5.81. The van der Waals surface area contributed by atoms with Crippen molar-refractivity contribution in [2.24, 2.45) is 10.9 Å². The van der Waals surface area contributed by atoms with E-state index in [1.807, 2.05) is 30.3 Å². The first-order valence-corrected chi connectivity index (χ1v) is 9.42. The Morgan fingerprint density at radius 1 is 1.24 bits per heavy atom. The Morgan fingerprint density at radius 3 is 2.96 bits per heavy atom. The number of aliphatic imine (C=N–C) groups is 1. The molecule has 4 rings (SSSR count). The maximum atomic E-state index is 12.4. The zero-order valence-electron chi connectivity index (χ0n) is 13.9. The maximum Gasteiger partial charge on any atom is 0.286 e. The van der Waals surface area contributed by atoms with Crippen LogP contribution in [0.25, 0.3) is 16.8 Å². The average molecular weight is 352 g/mol. The van der Waals surface area contributed by atoms with Crippen molar-refractivity contribution in [3.8, 4) is 0 Å². The number of piperidine rings is 1. The normalized spacial score (nSPS) is 22.7. The van der Waals surface area contributed by atoms with Gasteiger partial charge in [-0.05, 0) is 52.9 Å². The number of rotatable bonds is 2. The standard InChI is InChI=1S/C20H20N2O2S/c23-13-14-5-4-10-22(12-14)20-21-19(24)18(25-20)11-16-8-3-7-15-6-1-2-9-17(15)16/h1-3,6-9,11,14,23H,4-5,10,12-13H2/b18-11+/t14-/m1/s1. The van der Waals surface area contributed by atoms with E-state index in [1.165, 1.54) is 11.8 Å². The number of amidine groups is 1. The van der Waals surface area contributed by atoms with Crippen LogP contribution in [-0.2, 0) is 4.79 Å². The van der Waals surface area contributed by atoms with Crippen molar-refractivity contribution < 1.29 is 9.90 Å². The Kier molecular flexibility index (Phi) is 4.59. The lowest BCUT2D eigenvalue weighted by Crippen LogP contribution is -2.39.